The topological polar surface area (TPSA) is 65.1 Å². The average molecular weight is 408 g/mol. The number of hydrogen-bond donors (Lipinski definition) is 0. The first-order chi connectivity index (χ1) is 14.5. The van der Waals surface area contributed by atoms with Crippen molar-refractivity contribution in [3.8, 4) is 0 Å². The summed E-state index contributed by atoms with van der Waals surface area (Å²) in [5.41, 5.74) is 2.60. The van der Waals surface area contributed by atoms with E-state index in [2.05, 4.69) is 49.6 Å². The molecule has 0 radical (unpaired) electrons. The Balaban J connectivity index is 1.86. The van der Waals surface area contributed by atoms with Crippen molar-refractivity contribution in [3.05, 3.63) is 63.3 Å². The van der Waals surface area contributed by atoms with Crippen LogP contribution >= 0.6 is 0 Å². The van der Waals surface area contributed by atoms with Gasteiger partial charge in [0, 0.05) is 32.4 Å². The maximum Gasteiger partial charge on any atom is 0.332 e. The zero-order valence-corrected chi connectivity index (χ0v) is 18.0. The number of nitrogens with zero attached hydrogens (tertiary/aromatic N) is 5. The van der Waals surface area contributed by atoms with Crippen LogP contribution in [0.25, 0.3) is 11.2 Å². The van der Waals surface area contributed by atoms with Gasteiger partial charge in [-0.25, -0.2) is 4.79 Å². The molecule has 0 fully saturated rings. The molecule has 2 aromatic heterocycles. The third-order valence-electron chi connectivity index (χ3n) is 5.82. The predicted molar refractivity (Wildman–Crippen MR) is 121 cm³/mol. The summed E-state index contributed by atoms with van der Waals surface area (Å²) >= 11 is 0. The molecular weight excluding hydrogens is 378 g/mol. The third kappa shape index (κ3) is 3.28. The maximum atomic E-state index is 13.1. The Bertz CT molecular complexity index is 1200. The van der Waals surface area contributed by atoms with Crippen molar-refractivity contribution in [3.63, 3.8) is 0 Å². The summed E-state index contributed by atoms with van der Waals surface area (Å²) in [4.78, 5) is 32.7. The Morgan fingerprint density at radius 3 is 2.60 bits per heavy atom. The van der Waals surface area contributed by atoms with Gasteiger partial charge in [-0.3, -0.25) is 13.9 Å². The number of benzene rings is 1. The van der Waals surface area contributed by atoms with Crippen LogP contribution in [0.3, 0.4) is 0 Å². The highest BCUT2D eigenvalue weighted by molar-refractivity contribution is 5.77. The highest BCUT2D eigenvalue weighted by Gasteiger charge is 2.29. The number of hydrogen-bond acceptors (Lipinski definition) is 4. The zero-order chi connectivity index (χ0) is 21.4. The molecule has 7 nitrogen and oxygen atoms in total. The van der Waals surface area contributed by atoms with E-state index in [-0.39, 0.29) is 17.8 Å². The van der Waals surface area contributed by atoms with Gasteiger partial charge in [-0.15, -0.1) is 6.58 Å². The normalized spacial score (nSPS) is 16.1. The fourth-order valence-corrected chi connectivity index (χ4v) is 4.24. The molecule has 0 aliphatic carbocycles. The molecule has 0 unspecified atom stereocenters. The minimum absolute atomic E-state index is 0.181. The summed E-state index contributed by atoms with van der Waals surface area (Å²) in [6.07, 6.45) is 5.01. The maximum absolute atomic E-state index is 13.1. The fourth-order valence-electron chi connectivity index (χ4n) is 4.24. The minimum atomic E-state index is -0.372. The predicted octanol–water partition coefficient (Wildman–Crippen LogP) is 3.21. The molecule has 0 amide bonds. The van der Waals surface area contributed by atoms with Gasteiger partial charge >= 0.3 is 5.69 Å². The molecular formula is C23H29N5O2. The summed E-state index contributed by atoms with van der Waals surface area (Å²) in [5.74, 6) is 1.05. The van der Waals surface area contributed by atoms with Crippen LogP contribution in [0.1, 0.15) is 32.3 Å². The summed E-state index contributed by atoms with van der Waals surface area (Å²) in [5, 5.41) is 0. The van der Waals surface area contributed by atoms with Crippen molar-refractivity contribution >= 4 is 22.8 Å². The smallest absolute Gasteiger partial charge is 0.312 e. The molecule has 0 N–H and O–H groups in total. The van der Waals surface area contributed by atoms with Gasteiger partial charge in [-0.05, 0) is 36.5 Å². The van der Waals surface area contributed by atoms with E-state index in [1.54, 1.807) is 13.1 Å². The lowest BCUT2D eigenvalue weighted by Gasteiger charge is -2.33. The Labute approximate surface area is 175 Å². The van der Waals surface area contributed by atoms with Crippen molar-refractivity contribution in [2.75, 3.05) is 11.4 Å². The molecule has 0 spiro atoms. The molecule has 3 heterocycles. The van der Waals surface area contributed by atoms with E-state index in [9.17, 15) is 9.59 Å². The van der Waals surface area contributed by atoms with Crippen LogP contribution in [0.15, 0.2) is 46.5 Å². The molecule has 4 rings (SSSR count). The first-order valence-electron chi connectivity index (χ1n) is 10.6. The van der Waals surface area contributed by atoms with Gasteiger partial charge in [0.15, 0.2) is 11.2 Å². The van der Waals surface area contributed by atoms with Crippen molar-refractivity contribution in [1.82, 2.24) is 18.7 Å². The molecule has 0 saturated heterocycles. The SMILES string of the molecule is C=CCn1c(=O)c2c(nc3n2C[C@H](C)CN3c2ccc(CCCC)cc2)n(C)c1=O. The van der Waals surface area contributed by atoms with Crippen molar-refractivity contribution in [1.29, 1.82) is 0 Å². The van der Waals surface area contributed by atoms with Crippen LogP contribution in [-0.4, -0.2) is 25.2 Å². The highest BCUT2D eigenvalue weighted by Crippen LogP contribution is 2.33. The number of aryl methyl sites for hydroxylation is 2. The third-order valence-corrected chi connectivity index (χ3v) is 5.82. The van der Waals surface area contributed by atoms with Crippen molar-refractivity contribution in [2.45, 2.75) is 46.2 Å². The Morgan fingerprint density at radius 1 is 1.20 bits per heavy atom. The first-order valence-corrected chi connectivity index (χ1v) is 10.6. The summed E-state index contributed by atoms with van der Waals surface area (Å²) in [6, 6.07) is 8.59. The number of allylic oxidation sites excluding steroid dienone is 1. The van der Waals surface area contributed by atoms with Gasteiger partial charge in [0.25, 0.3) is 5.56 Å². The van der Waals surface area contributed by atoms with E-state index < -0.39 is 0 Å². The number of rotatable bonds is 6. The molecule has 1 aromatic carbocycles. The average Bonchev–Trinajstić information content (AvgIpc) is 3.13. The van der Waals surface area contributed by atoms with Gasteiger partial charge in [-0.1, -0.05) is 38.5 Å². The second kappa shape index (κ2) is 7.97. The largest absolute Gasteiger partial charge is 0.332 e. The molecule has 1 atom stereocenters. The summed E-state index contributed by atoms with van der Waals surface area (Å²) < 4.78 is 4.65. The standard InChI is InChI=1S/C23H29N5O2/c1-5-7-8-17-9-11-18(12-10-17)27-14-16(3)15-28-19-20(24-22(27)28)25(4)23(30)26(13-6-2)21(19)29/h6,9-12,16H,2,5,7-8,13-15H2,1,3-4H3/t16-/m1/s1. The second-order valence-electron chi connectivity index (χ2n) is 8.23. The zero-order valence-electron chi connectivity index (χ0n) is 18.0. The van der Waals surface area contributed by atoms with Crippen molar-refractivity contribution in [2.24, 2.45) is 13.0 Å². The molecule has 30 heavy (non-hydrogen) atoms. The molecule has 0 saturated carbocycles. The monoisotopic (exact) mass is 407 g/mol. The van der Waals surface area contributed by atoms with Crippen LogP contribution in [0.2, 0.25) is 0 Å². The van der Waals surface area contributed by atoms with Gasteiger partial charge in [0.05, 0.1) is 0 Å². The van der Waals surface area contributed by atoms with Crippen LogP contribution in [-0.2, 0) is 26.6 Å². The highest BCUT2D eigenvalue weighted by atomic mass is 16.2. The fraction of sp³-hybridized carbons (Fsp3) is 0.435. The van der Waals surface area contributed by atoms with E-state index in [4.69, 9.17) is 4.98 Å². The molecule has 3 aromatic rings. The van der Waals surface area contributed by atoms with Crippen LogP contribution < -0.4 is 16.1 Å². The van der Waals surface area contributed by atoms with E-state index in [0.29, 0.717) is 29.6 Å². The molecule has 7 heteroatoms. The second-order valence-corrected chi connectivity index (χ2v) is 8.23. The molecule has 158 valence electrons. The lowest BCUT2D eigenvalue weighted by molar-refractivity contribution is 0.458. The quantitative estimate of drug-likeness (QED) is 0.589. The lowest BCUT2D eigenvalue weighted by atomic mass is 10.1. The lowest BCUT2D eigenvalue weighted by Crippen LogP contribution is -2.40. The number of anilines is 2. The van der Waals surface area contributed by atoms with Gasteiger partial charge in [0.1, 0.15) is 0 Å². The van der Waals surface area contributed by atoms with Gasteiger partial charge in [0.2, 0.25) is 5.95 Å². The van der Waals surface area contributed by atoms with E-state index >= 15 is 0 Å². The van der Waals surface area contributed by atoms with E-state index in [0.717, 1.165) is 18.7 Å². The first kappa shape index (κ1) is 20.2. The van der Waals surface area contributed by atoms with Gasteiger partial charge < -0.3 is 9.47 Å². The van der Waals surface area contributed by atoms with Crippen LogP contribution in [0, 0.1) is 5.92 Å². The van der Waals surface area contributed by atoms with Crippen molar-refractivity contribution < 1.29 is 0 Å². The molecule has 0 bridgehead atoms. The number of fused-ring (bicyclic) bond motifs is 3. The Kier molecular flexibility index (Phi) is 5.37. The van der Waals surface area contributed by atoms with Crippen LogP contribution in [0.5, 0.6) is 0 Å². The molecule has 1 aliphatic rings. The minimum Gasteiger partial charge on any atom is -0.312 e. The summed E-state index contributed by atoms with van der Waals surface area (Å²) in [7, 11) is 1.67. The number of imidazole rings is 1. The number of unbranched alkanes of at least 4 members (excludes halogenated alkanes) is 1. The van der Waals surface area contributed by atoms with Crippen LogP contribution in [0.4, 0.5) is 11.6 Å². The molecule has 1 aliphatic heterocycles. The Hall–Kier alpha value is -3.09. The van der Waals surface area contributed by atoms with E-state index in [1.807, 2.05) is 4.57 Å². The van der Waals surface area contributed by atoms with Gasteiger partial charge in [-0.2, -0.15) is 4.98 Å². The summed E-state index contributed by atoms with van der Waals surface area (Å²) in [6.45, 7) is 9.73. The van der Waals surface area contributed by atoms with E-state index in [1.165, 1.54) is 27.5 Å². The number of aromatic nitrogens is 4. The Morgan fingerprint density at radius 2 is 1.93 bits per heavy atom.